The number of benzene rings is 2. The largest absolute Gasteiger partial charge is 0.493 e. The average molecular weight is 376 g/mol. The lowest BCUT2D eigenvalue weighted by Crippen LogP contribution is -2.25. The van der Waals surface area contributed by atoms with Crippen LogP contribution in [-0.4, -0.2) is 22.6 Å². The van der Waals surface area contributed by atoms with Gasteiger partial charge in [0.2, 0.25) is 0 Å². The summed E-state index contributed by atoms with van der Waals surface area (Å²) in [6.45, 7) is 1.97. The Bertz CT molecular complexity index is 1330. The number of para-hydroxylation sites is 3. The fourth-order valence-electron chi connectivity index (χ4n) is 3.40. The molecule has 5 rings (SSSR count). The molecule has 1 unspecified atom stereocenters. The van der Waals surface area contributed by atoms with Crippen molar-refractivity contribution in [3.63, 3.8) is 0 Å². The lowest BCUT2D eigenvalue weighted by atomic mass is 10.0. The Morgan fingerprint density at radius 1 is 1.22 bits per heavy atom. The van der Waals surface area contributed by atoms with E-state index < -0.39 is 0 Å². The SMILES string of the molecule is COc1cccc2c1OC(C)C(/C=c1\sc3nc4ccccc4n3c1=O)=C2. The molecule has 1 aliphatic rings. The Hall–Kier alpha value is -3.12. The molecule has 27 heavy (non-hydrogen) atoms. The van der Waals surface area contributed by atoms with Crippen LogP contribution in [0.1, 0.15) is 12.5 Å². The molecule has 1 aliphatic heterocycles. The highest BCUT2D eigenvalue weighted by Gasteiger charge is 2.21. The van der Waals surface area contributed by atoms with E-state index >= 15 is 0 Å². The maximum Gasteiger partial charge on any atom is 0.274 e. The van der Waals surface area contributed by atoms with E-state index in [-0.39, 0.29) is 11.7 Å². The zero-order valence-electron chi connectivity index (χ0n) is 14.8. The van der Waals surface area contributed by atoms with Crippen LogP contribution in [-0.2, 0) is 0 Å². The summed E-state index contributed by atoms with van der Waals surface area (Å²) >= 11 is 1.40. The van der Waals surface area contributed by atoms with E-state index in [9.17, 15) is 4.79 Å². The predicted octanol–water partition coefficient (Wildman–Crippen LogP) is 3.28. The van der Waals surface area contributed by atoms with E-state index in [2.05, 4.69) is 4.98 Å². The van der Waals surface area contributed by atoms with Gasteiger partial charge >= 0.3 is 0 Å². The van der Waals surface area contributed by atoms with Crippen LogP contribution < -0.4 is 19.6 Å². The van der Waals surface area contributed by atoms with Gasteiger partial charge in [0.05, 0.1) is 22.7 Å². The third-order valence-corrected chi connectivity index (χ3v) is 5.73. The zero-order valence-corrected chi connectivity index (χ0v) is 15.6. The lowest BCUT2D eigenvalue weighted by molar-refractivity contribution is 0.245. The molecule has 0 N–H and O–H groups in total. The second-order valence-electron chi connectivity index (χ2n) is 6.42. The first-order valence-corrected chi connectivity index (χ1v) is 9.44. The molecule has 5 nitrogen and oxygen atoms in total. The van der Waals surface area contributed by atoms with Gasteiger partial charge in [-0.25, -0.2) is 9.38 Å². The third-order valence-electron chi connectivity index (χ3n) is 4.76. The van der Waals surface area contributed by atoms with Gasteiger partial charge in [0.15, 0.2) is 16.5 Å². The Kier molecular flexibility index (Phi) is 3.55. The molecule has 4 aromatic rings. The summed E-state index contributed by atoms with van der Waals surface area (Å²) in [6.07, 6.45) is 3.77. The van der Waals surface area contributed by atoms with Crippen LogP contribution in [0.4, 0.5) is 0 Å². The average Bonchev–Trinajstić information content (AvgIpc) is 3.18. The summed E-state index contributed by atoms with van der Waals surface area (Å²) in [5.41, 5.74) is 3.51. The lowest BCUT2D eigenvalue weighted by Gasteiger charge is -2.24. The maximum atomic E-state index is 12.9. The minimum absolute atomic E-state index is 0.0479. The first-order valence-electron chi connectivity index (χ1n) is 8.62. The van der Waals surface area contributed by atoms with Gasteiger partial charge in [-0.3, -0.25) is 4.79 Å². The topological polar surface area (TPSA) is 52.8 Å². The van der Waals surface area contributed by atoms with Gasteiger partial charge < -0.3 is 9.47 Å². The molecule has 2 aromatic heterocycles. The molecule has 0 amide bonds. The summed E-state index contributed by atoms with van der Waals surface area (Å²) in [7, 11) is 1.63. The quantitative estimate of drug-likeness (QED) is 0.539. The number of aromatic nitrogens is 2. The van der Waals surface area contributed by atoms with Crippen LogP contribution >= 0.6 is 11.3 Å². The molecule has 6 heteroatoms. The molecule has 2 aromatic carbocycles. The van der Waals surface area contributed by atoms with Crippen molar-refractivity contribution in [3.8, 4) is 11.5 Å². The smallest absolute Gasteiger partial charge is 0.274 e. The van der Waals surface area contributed by atoms with Crippen molar-refractivity contribution in [2.45, 2.75) is 13.0 Å². The van der Waals surface area contributed by atoms with Crippen LogP contribution in [0, 0.1) is 0 Å². The van der Waals surface area contributed by atoms with Crippen molar-refractivity contribution in [1.29, 1.82) is 0 Å². The molecule has 0 spiro atoms. The fourth-order valence-corrected chi connectivity index (χ4v) is 4.38. The van der Waals surface area contributed by atoms with E-state index in [1.807, 2.05) is 61.5 Å². The molecule has 3 heterocycles. The summed E-state index contributed by atoms with van der Waals surface area (Å²) < 4.78 is 13.8. The Morgan fingerprint density at radius 3 is 2.93 bits per heavy atom. The van der Waals surface area contributed by atoms with Crippen molar-refractivity contribution >= 4 is 39.5 Å². The second kappa shape index (κ2) is 5.96. The highest BCUT2D eigenvalue weighted by molar-refractivity contribution is 7.15. The summed E-state index contributed by atoms with van der Waals surface area (Å²) in [5, 5.41) is 0. The second-order valence-corrected chi connectivity index (χ2v) is 7.43. The highest BCUT2D eigenvalue weighted by Crippen LogP contribution is 2.37. The molecular formula is C21H16N2O3S. The number of fused-ring (bicyclic) bond motifs is 4. The van der Waals surface area contributed by atoms with Gasteiger partial charge in [-0.05, 0) is 42.8 Å². The zero-order chi connectivity index (χ0) is 18.5. The van der Waals surface area contributed by atoms with Gasteiger partial charge in [-0.2, -0.15) is 0 Å². The van der Waals surface area contributed by atoms with Gasteiger partial charge in [-0.15, -0.1) is 0 Å². The number of imidazole rings is 1. The molecule has 0 fully saturated rings. The Labute approximate surface area is 158 Å². The molecule has 0 aliphatic carbocycles. The standard InChI is InChI=1S/C21H16N2O3S/c1-12-14(10-13-6-5-9-17(25-2)19(13)26-12)11-18-20(24)23-16-8-4-3-7-15(16)22-21(23)27-18/h3-12H,1-2H3/b18-11-. The van der Waals surface area contributed by atoms with Crippen molar-refractivity contribution in [2.75, 3.05) is 7.11 Å². The normalized spacial score (nSPS) is 17.0. The van der Waals surface area contributed by atoms with Gasteiger partial charge in [0, 0.05) is 5.56 Å². The number of thiazole rings is 1. The molecule has 0 saturated heterocycles. The van der Waals surface area contributed by atoms with Gasteiger partial charge in [0.25, 0.3) is 5.56 Å². The summed E-state index contributed by atoms with van der Waals surface area (Å²) in [4.78, 5) is 18.2. The van der Waals surface area contributed by atoms with Crippen LogP contribution in [0.3, 0.4) is 0 Å². The van der Waals surface area contributed by atoms with Gasteiger partial charge in [0.1, 0.15) is 6.10 Å². The fraction of sp³-hybridized carbons (Fsp3) is 0.143. The number of methoxy groups -OCH3 is 1. The van der Waals surface area contributed by atoms with Crippen LogP contribution in [0.25, 0.3) is 28.1 Å². The van der Waals surface area contributed by atoms with Crippen molar-refractivity contribution in [1.82, 2.24) is 9.38 Å². The van der Waals surface area contributed by atoms with E-state index in [1.54, 1.807) is 11.5 Å². The monoisotopic (exact) mass is 376 g/mol. The van der Waals surface area contributed by atoms with Gasteiger partial charge in [-0.1, -0.05) is 35.6 Å². The summed E-state index contributed by atoms with van der Waals surface area (Å²) in [5.74, 6) is 1.44. The van der Waals surface area contributed by atoms with Crippen LogP contribution in [0.15, 0.2) is 52.8 Å². The molecule has 1 atom stereocenters. The number of ether oxygens (including phenoxy) is 2. The molecule has 0 saturated carbocycles. The van der Waals surface area contributed by atoms with E-state index in [1.165, 1.54) is 11.3 Å². The maximum absolute atomic E-state index is 12.9. The minimum atomic E-state index is -0.181. The molecule has 0 radical (unpaired) electrons. The Balaban J connectivity index is 1.69. The van der Waals surface area contributed by atoms with Crippen LogP contribution in [0.2, 0.25) is 0 Å². The summed E-state index contributed by atoms with van der Waals surface area (Å²) in [6, 6.07) is 13.5. The number of hydrogen-bond donors (Lipinski definition) is 0. The van der Waals surface area contributed by atoms with E-state index in [4.69, 9.17) is 9.47 Å². The van der Waals surface area contributed by atoms with Crippen LogP contribution in [0.5, 0.6) is 11.5 Å². The number of rotatable bonds is 2. The van der Waals surface area contributed by atoms with E-state index in [0.717, 1.165) is 27.9 Å². The molecule has 0 bridgehead atoms. The predicted molar refractivity (Wildman–Crippen MR) is 108 cm³/mol. The highest BCUT2D eigenvalue weighted by atomic mass is 32.1. The molecular weight excluding hydrogens is 360 g/mol. The first-order chi connectivity index (χ1) is 13.2. The van der Waals surface area contributed by atoms with Crippen molar-refractivity contribution in [2.24, 2.45) is 0 Å². The first kappa shape index (κ1) is 16.1. The molecule has 134 valence electrons. The Morgan fingerprint density at radius 2 is 2.07 bits per heavy atom. The number of hydrogen-bond acceptors (Lipinski definition) is 5. The number of nitrogens with zero attached hydrogens (tertiary/aromatic N) is 2. The third kappa shape index (κ3) is 2.44. The van der Waals surface area contributed by atoms with Crippen molar-refractivity contribution < 1.29 is 9.47 Å². The minimum Gasteiger partial charge on any atom is -0.493 e. The van der Waals surface area contributed by atoms with Crippen molar-refractivity contribution in [3.05, 3.63) is 68.5 Å². The van der Waals surface area contributed by atoms with E-state index in [0.29, 0.717) is 15.2 Å².